The molecule has 0 aliphatic carbocycles. The number of hydrogen-bond acceptors (Lipinski definition) is 3. The normalized spacial score (nSPS) is 10.7. The third-order valence-electron chi connectivity index (χ3n) is 4.77. The van der Waals surface area contributed by atoms with E-state index >= 15 is 0 Å². The number of carbonyl (C=O) groups is 1. The number of carbonyl (C=O) groups excluding carboxylic acids is 1. The van der Waals surface area contributed by atoms with Gasteiger partial charge in [0.1, 0.15) is 5.75 Å². The standard InChI is InChI=1S/C24H34N4O2.HI/c1-4-26-24(27-16-6-5-8-19-11-13-22(30-3)14-12-19)28-17-15-20-9-7-10-21(18-20)23(29)25-2;/h7,9-14,18H,4-6,8,15-17H2,1-3H3,(H,25,29)(H2,26,27,28);1H. The second-order valence-electron chi connectivity index (χ2n) is 7.02. The zero-order valence-corrected chi connectivity index (χ0v) is 21.1. The molecule has 0 aromatic heterocycles. The first-order valence-electron chi connectivity index (χ1n) is 10.6. The SMILES string of the molecule is CCNC(=NCCCCc1ccc(OC)cc1)NCCc1cccc(C(=O)NC)c1.I. The summed E-state index contributed by atoms with van der Waals surface area (Å²) in [6.45, 7) is 4.43. The van der Waals surface area contributed by atoms with Gasteiger partial charge in [0.2, 0.25) is 0 Å². The Balaban J connectivity index is 0.00000480. The Morgan fingerprint density at radius 3 is 2.45 bits per heavy atom. The molecule has 3 N–H and O–H groups in total. The Bertz CT molecular complexity index is 809. The van der Waals surface area contributed by atoms with Crippen LogP contribution in [0, 0.1) is 0 Å². The Hall–Kier alpha value is -2.29. The number of methoxy groups -OCH3 is 1. The molecule has 0 saturated heterocycles. The Morgan fingerprint density at radius 1 is 1.00 bits per heavy atom. The van der Waals surface area contributed by atoms with Crippen molar-refractivity contribution in [1.82, 2.24) is 16.0 Å². The second-order valence-corrected chi connectivity index (χ2v) is 7.02. The molecule has 0 fully saturated rings. The Kier molecular flexibility index (Phi) is 13.4. The molecule has 170 valence electrons. The van der Waals surface area contributed by atoms with Crippen LogP contribution in [-0.2, 0) is 12.8 Å². The minimum Gasteiger partial charge on any atom is -0.497 e. The van der Waals surface area contributed by atoms with Crippen LogP contribution < -0.4 is 20.7 Å². The number of aliphatic imine (C=N–C) groups is 1. The molecule has 0 heterocycles. The Labute approximate surface area is 203 Å². The average molecular weight is 538 g/mol. The van der Waals surface area contributed by atoms with Crippen molar-refractivity contribution in [3.8, 4) is 5.75 Å². The minimum atomic E-state index is -0.0608. The van der Waals surface area contributed by atoms with E-state index in [0.29, 0.717) is 5.56 Å². The van der Waals surface area contributed by atoms with E-state index in [1.807, 2.05) is 36.4 Å². The van der Waals surface area contributed by atoms with E-state index in [1.165, 1.54) is 5.56 Å². The van der Waals surface area contributed by atoms with Gasteiger partial charge in [-0.2, -0.15) is 0 Å². The van der Waals surface area contributed by atoms with E-state index in [0.717, 1.165) is 62.6 Å². The number of halogens is 1. The number of hydrogen-bond donors (Lipinski definition) is 3. The van der Waals surface area contributed by atoms with Gasteiger partial charge in [0.05, 0.1) is 7.11 Å². The van der Waals surface area contributed by atoms with Crippen molar-refractivity contribution in [1.29, 1.82) is 0 Å². The topological polar surface area (TPSA) is 74.8 Å². The maximum atomic E-state index is 11.8. The van der Waals surface area contributed by atoms with Crippen LogP contribution in [0.5, 0.6) is 5.75 Å². The summed E-state index contributed by atoms with van der Waals surface area (Å²) >= 11 is 0. The zero-order chi connectivity index (χ0) is 21.6. The van der Waals surface area contributed by atoms with E-state index in [9.17, 15) is 4.79 Å². The molecule has 2 rings (SSSR count). The lowest BCUT2D eigenvalue weighted by molar-refractivity contribution is 0.0963. The minimum absolute atomic E-state index is 0. The first-order chi connectivity index (χ1) is 14.7. The van der Waals surface area contributed by atoms with Gasteiger partial charge in [-0.25, -0.2) is 0 Å². The summed E-state index contributed by atoms with van der Waals surface area (Å²) in [6, 6.07) is 16.0. The van der Waals surface area contributed by atoms with Crippen molar-refractivity contribution >= 4 is 35.8 Å². The first kappa shape index (κ1) is 26.7. The molecule has 31 heavy (non-hydrogen) atoms. The lowest BCUT2D eigenvalue weighted by atomic mass is 10.1. The lowest BCUT2D eigenvalue weighted by Crippen LogP contribution is -2.38. The molecule has 2 aromatic carbocycles. The van der Waals surface area contributed by atoms with Crippen molar-refractivity contribution in [3.05, 3.63) is 65.2 Å². The van der Waals surface area contributed by atoms with E-state index in [4.69, 9.17) is 4.74 Å². The van der Waals surface area contributed by atoms with E-state index in [2.05, 4.69) is 40.0 Å². The summed E-state index contributed by atoms with van der Waals surface area (Å²) in [4.78, 5) is 16.4. The van der Waals surface area contributed by atoms with Gasteiger partial charge in [0.25, 0.3) is 5.91 Å². The number of guanidine groups is 1. The second kappa shape index (κ2) is 15.5. The predicted molar refractivity (Wildman–Crippen MR) is 139 cm³/mol. The Morgan fingerprint density at radius 2 is 1.77 bits per heavy atom. The third kappa shape index (κ3) is 10.0. The number of nitrogens with zero attached hydrogens (tertiary/aromatic N) is 1. The summed E-state index contributed by atoms with van der Waals surface area (Å²) in [5.41, 5.74) is 3.13. The van der Waals surface area contributed by atoms with Gasteiger partial charge >= 0.3 is 0 Å². The smallest absolute Gasteiger partial charge is 0.251 e. The first-order valence-corrected chi connectivity index (χ1v) is 10.6. The molecule has 0 unspecified atom stereocenters. The van der Waals surface area contributed by atoms with Crippen molar-refractivity contribution in [2.75, 3.05) is 33.8 Å². The highest BCUT2D eigenvalue weighted by atomic mass is 127. The third-order valence-corrected chi connectivity index (χ3v) is 4.77. The summed E-state index contributed by atoms with van der Waals surface area (Å²) in [6.07, 6.45) is 4.01. The van der Waals surface area contributed by atoms with Crippen molar-refractivity contribution < 1.29 is 9.53 Å². The largest absolute Gasteiger partial charge is 0.497 e. The van der Waals surface area contributed by atoms with Crippen molar-refractivity contribution in [3.63, 3.8) is 0 Å². The van der Waals surface area contributed by atoms with Crippen LogP contribution >= 0.6 is 24.0 Å². The fourth-order valence-electron chi connectivity index (χ4n) is 3.10. The average Bonchev–Trinajstić information content (AvgIpc) is 2.79. The van der Waals surface area contributed by atoms with Crippen LogP contribution in [0.3, 0.4) is 0 Å². The van der Waals surface area contributed by atoms with Gasteiger partial charge in [-0.05, 0) is 68.0 Å². The fourth-order valence-corrected chi connectivity index (χ4v) is 3.10. The van der Waals surface area contributed by atoms with Gasteiger partial charge in [0.15, 0.2) is 5.96 Å². The molecule has 1 amide bonds. The van der Waals surface area contributed by atoms with Crippen LogP contribution in [0.15, 0.2) is 53.5 Å². The van der Waals surface area contributed by atoms with Crippen molar-refractivity contribution in [2.24, 2.45) is 4.99 Å². The molecule has 0 spiro atoms. The molecule has 0 radical (unpaired) electrons. The molecule has 0 bridgehead atoms. The van der Waals surface area contributed by atoms with Crippen LogP contribution in [0.1, 0.15) is 41.3 Å². The number of ether oxygens (including phenoxy) is 1. The van der Waals surface area contributed by atoms with Crippen LogP contribution in [0.2, 0.25) is 0 Å². The number of nitrogens with one attached hydrogen (secondary N) is 3. The number of unbranched alkanes of at least 4 members (excludes halogenated alkanes) is 1. The van der Waals surface area contributed by atoms with Gasteiger partial charge in [0, 0.05) is 32.2 Å². The molecule has 2 aromatic rings. The van der Waals surface area contributed by atoms with Gasteiger partial charge in [-0.3, -0.25) is 9.79 Å². The van der Waals surface area contributed by atoms with Crippen molar-refractivity contribution in [2.45, 2.75) is 32.6 Å². The molecule has 0 aliphatic heterocycles. The summed E-state index contributed by atoms with van der Waals surface area (Å²) < 4.78 is 5.19. The van der Waals surface area contributed by atoms with Crippen LogP contribution in [0.4, 0.5) is 0 Å². The molecule has 0 aliphatic rings. The lowest BCUT2D eigenvalue weighted by Gasteiger charge is -2.12. The van der Waals surface area contributed by atoms with Crippen LogP contribution in [0.25, 0.3) is 0 Å². The number of aryl methyl sites for hydroxylation is 1. The summed E-state index contributed by atoms with van der Waals surface area (Å²) in [5.74, 6) is 1.67. The highest BCUT2D eigenvalue weighted by Gasteiger charge is 2.04. The number of benzene rings is 2. The maximum Gasteiger partial charge on any atom is 0.251 e. The highest BCUT2D eigenvalue weighted by Crippen LogP contribution is 2.13. The molecule has 0 atom stereocenters. The molecular formula is C24H35IN4O2. The predicted octanol–water partition coefficient (Wildman–Crippen LogP) is 3.79. The molecule has 6 nitrogen and oxygen atoms in total. The zero-order valence-electron chi connectivity index (χ0n) is 18.7. The van der Waals surface area contributed by atoms with Gasteiger partial charge in [-0.15, -0.1) is 24.0 Å². The van der Waals surface area contributed by atoms with E-state index in [-0.39, 0.29) is 29.9 Å². The van der Waals surface area contributed by atoms with Crippen LogP contribution in [-0.4, -0.2) is 45.7 Å². The molecule has 0 saturated carbocycles. The van der Waals surface area contributed by atoms with E-state index < -0.39 is 0 Å². The summed E-state index contributed by atoms with van der Waals surface area (Å²) in [5, 5.41) is 9.33. The quantitative estimate of drug-likeness (QED) is 0.176. The molecular weight excluding hydrogens is 503 g/mol. The number of amides is 1. The maximum absolute atomic E-state index is 11.8. The molecule has 7 heteroatoms. The highest BCUT2D eigenvalue weighted by molar-refractivity contribution is 14.0. The number of rotatable bonds is 11. The van der Waals surface area contributed by atoms with Gasteiger partial charge in [-0.1, -0.05) is 24.3 Å². The van der Waals surface area contributed by atoms with E-state index in [1.54, 1.807) is 14.2 Å². The summed E-state index contributed by atoms with van der Waals surface area (Å²) in [7, 11) is 3.33. The van der Waals surface area contributed by atoms with Gasteiger partial charge < -0.3 is 20.7 Å². The monoisotopic (exact) mass is 538 g/mol. The fraction of sp³-hybridized carbons (Fsp3) is 0.417.